The van der Waals surface area contributed by atoms with Crippen LogP contribution < -0.4 is 20.1 Å². The average molecular weight is 348 g/mol. The first kappa shape index (κ1) is 18.1. The van der Waals surface area contributed by atoms with Gasteiger partial charge in [-0.2, -0.15) is 0 Å². The van der Waals surface area contributed by atoms with E-state index >= 15 is 0 Å². The van der Waals surface area contributed by atoms with Crippen molar-refractivity contribution in [3.8, 4) is 11.5 Å². The van der Waals surface area contributed by atoms with E-state index in [-0.39, 0.29) is 0 Å². The lowest BCUT2D eigenvalue weighted by Gasteiger charge is -2.13. The molecule has 0 aliphatic rings. The van der Waals surface area contributed by atoms with Gasteiger partial charge in [-0.25, -0.2) is 4.98 Å². The zero-order valence-electron chi connectivity index (χ0n) is 14.5. The van der Waals surface area contributed by atoms with Crippen LogP contribution in [0.1, 0.15) is 15.4 Å². The van der Waals surface area contributed by atoms with Gasteiger partial charge in [0, 0.05) is 24.7 Å². The molecule has 0 saturated carbocycles. The Morgan fingerprint density at radius 3 is 2.71 bits per heavy atom. The third-order valence-corrected chi connectivity index (χ3v) is 4.39. The fraction of sp³-hybridized carbons (Fsp3) is 0.412. The third-order valence-electron chi connectivity index (χ3n) is 3.47. The number of aryl methyl sites for hydroxylation is 1. The summed E-state index contributed by atoms with van der Waals surface area (Å²) >= 11 is 1.68. The number of rotatable bonds is 7. The molecule has 0 saturated heterocycles. The van der Waals surface area contributed by atoms with Crippen molar-refractivity contribution < 1.29 is 9.47 Å². The van der Waals surface area contributed by atoms with Crippen molar-refractivity contribution in [3.63, 3.8) is 0 Å². The monoisotopic (exact) mass is 348 g/mol. The fourth-order valence-electron chi connectivity index (χ4n) is 2.26. The van der Waals surface area contributed by atoms with Crippen molar-refractivity contribution in [3.05, 3.63) is 39.8 Å². The molecule has 1 aromatic carbocycles. The van der Waals surface area contributed by atoms with E-state index in [0.717, 1.165) is 41.0 Å². The molecule has 0 aliphatic heterocycles. The second-order valence-corrected chi connectivity index (χ2v) is 6.46. The predicted octanol–water partition coefficient (Wildman–Crippen LogP) is 2.38. The second kappa shape index (κ2) is 9.12. The van der Waals surface area contributed by atoms with Crippen LogP contribution in [0.3, 0.4) is 0 Å². The Hall–Kier alpha value is -2.28. The number of guanidine groups is 1. The highest BCUT2D eigenvalue weighted by Crippen LogP contribution is 2.24. The summed E-state index contributed by atoms with van der Waals surface area (Å²) in [6.07, 6.45) is 2.68. The minimum absolute atomic E-state index is 0.667. The lowest BCUT2D eigenvalue weighted by Crippen LogP contribution is -2.37. The summed E-state index contributed by atoms with van der Waals surface area (Å²) in [7, 11) is 5.10. The van der Waals surface area contributed by atoms with Gasteiger partial charge in [0.15, 0.2) is 5.96 Å². The molecule has 2 aromatic rings. The molecule has 0 bridgehead atoms. The summed E-state index contributed by atoms with van der Waals surface area (Å²) in [5.41, 5.74) is 1.09. The van der Waals surface area contributed by atoms with Crippen molar-refractivity contribution >= 4 is 17.3 Å². The second-order valence-electron chi connectivity index (χ2n) is 5.14. The van der Waals surface area contributed by atoms with Crippen molar-refractivity contribution in [2.75, 3.05) is 27.8 Å². The minimum atomic E-state index is 0.667. The van der Waals surface area contributed by atoms with Gasteiger partial charge in [0.25, 0.3) is 0 Å². The van der Waals surface area contributed by atoms with E-state index in [0.29, 0.717) is 6.54 Å². The van der Waals surface area contributed by atoms with Gasteiger partial charge in [0.2, 0.25) is 0 Å². The number of aromatic nitrogens is 1. The Kier molecular flexibility index (Phi) is 6.87. The molecule has 7 heteroatoms. The number of methoxy groups -OCH3 is 2. The SMILES string of the molecule is CN=C(NCCc1cc(OC)ccc1OC)NCc1ncc(C)s1. The number of nitrogens with one attached hydrogen (secondary N) is 2. The summed E-state index contributed by atoms with van der Waals surface area (Å²) in [5.74, 6) is 2.44. The number of hydrogen-bond acceptors (Lipinski definition) is 5. The standard InChI is InChI=1S/C17H24N4O2S/c1-12-10-20-16(24-12)11-21-17(18-2)19-8-7-13-9-14(22-3)5-6-15(13)23-4/h5-6,9-10H,7-8,11H2,1-4H3,(H2,18,19,21). The highest BCUT2D eigenvalue weighted by atomic mass is 32.1. The van der Waals surface area contributed by atoms with Gasteiger partial charge in [-0.05, 0) is 37.1 Å². The molecule has 0 aliphatic carbocycles. The number of thiazole rings is 1. The first-order valence-corrected chi connectivity index (χ1v) is 8.54. The topological polar surface area (TPSA) is 67.8 Å². The van der Waals surface area contributed by atoms with E-state index in [2.05, 4.69) is 27.5 Å². The first-order chi connectivity index (χ1) is 11.7. The van der Waals surface area contributed by atoms with E-state index in [4.69, 9.17) is 9.47 Å². The minimum Gasteiger partial charge on any atom is -0.497 e. The van der Waals surface area contributed by atoms with Gasteiger partial charge in [-0.15, -0.1) is 11.3 Å². The van der Waals surface area contributed by atoms with Crippen LogP contribution in [0.15, 0.2) is 29.4 Å². The first-order valence-electron chi connectivity index (χ1n) is 7.73. The van der Waals surface area contributed by atoms with E-state index in [1.54, 1.807) is 32.6 Å². The molecule has 24 heavy (non-hydrogen) atoms. The Balaban J connectivity index is 1.85. The number of hydrogen-bond donors (Lipinski definition) is 2. The molecule has 1 heterocycles. The quantitative estimate of drug-likeness (QED) is 0.594. The van der Waals surface area contributed by atoms with Crippen LogP contribution in [-0.2, 0) is 13.0 Å². The van der Waals surface area contributed by atoms with Gasteiger partial charge in [0.1, 0.15) is 16.5 Å². The van der Waals surface area contributed by atoms with Crippen molar-refractivity contribution in [1.82, 2.24) is 15.6 Å². The highest BCUT2D eigenvalue weighted by Gasteiger charge is 2.06. The van der Waals surface area contributed by atoms with Crippen molar-refractivity contribution in [1.29, 1.82) is 0 Å². The zero-order chi connectivity index (χ0) is 17.4. The molecule has 0 fully saturated rings. The summed E-state index contributed by atoms with van der Waals surface area (Å²) < 4.78 is 10.7. The van der Waals surface area contributed by atoms with E-state index in [1.807, 2.05) is 24.4 Å². The molecular weight excluding hydrogens is 324 g/mol. The van der Waals surface area contributed by atoms with Gasteiger partial charge in [-0.1, -0.05) is 0 Å². The molecule has 0 atom stereocenters. The van der Waals surface area contributed by atoms with E-state index < -0.39 is 0 Å². The third kappa shape index (κ3) is 5.13. The van der Waals surface area contributed by atoms with Crippen LogP contribution >= 0.6 is 11.3 Å². The molecule has 0 unspecified atom stereocenters. The Morgan fingerprint density at radius 1 is 1.25 bits per heavy atom. The molecule has 6 nitrogen and oxygen atoms in total. The zero-order valence-corrected chi connectivity index (χ0v) is 15.4. The van der Waals surface area contributed by atoms with Crippen LogP contribution in [0.25, 0.3) is 0 Å². The smallest absolute Gasteiger partial charge is 0.191 e. The predicted molar refractivity (Wildman–Crippen MR) is 98.3 cm³/mol. The molecule has 0 amide bonds. The van der Waals surface area contributed by atoms with E-state index in [1.165, 1.54) is 4.88 Å². The van der Waals surface area contributed by atoms with Crippen molar-refractivity contribution in [2.45, 2.75) is 19.9 Å². The molecular formula is C17H24N4O2S. The summed E-state index contributed by atoms with van der Waals surface area (Å²) in [6, 6.07) is 5.81. The largest absolute Gasteiger partial charge is 0.497 e. The summed E-state index contributed by atoms with van der Waals surface area (Å²) in [4.78, 5) is 9.78. The molecule has 0 radical (unpaired) electrons. The fourth-order valence-corrected chi connectivity index (χ4v) is 2.98. The number of ether oxygens (including phenoxy) is 2. The normalized spacial score (nSPS) is 11.2. The summed E-state index contributed by atoms with van der Waals surface area (Å²) in [6.45, 7) is 3.45. The van der Waals surface area contributed by atoms with Crippen LogP contribution in [0.2, 0.25) is 0 Å². The lowest BCUT2D eigenvalue weighted by molar-refractivity contribution is 0.398. The number of benzene rings is 1. The molecule has 2 N–H and O–H groups in total. The van der Waals surface area contributed by atoms with Gasteiger partial charge >= 0.3 is 0 Å². The molecule has 2 rings (SSSR count). The van der Waals surface area contributed by atoms with E-state index in [9.17, 15) is 0 Å². The maximum atomic E-state index is 5.40. The Labute approximate surface area is 146 Å². The van der Waals surface area contributed by atoms with Gasteiger partial charge < -0.3 is 20.1 Å². The van der Waals surface area contributed by atoms with Gasteiger partial charge in [0.05, 0.1) is 20.8 Å². The Bertz CT molecular complexity index is 685. The lowest BCUT2D eigenvalue weighted by atomic mass is 10.1. The number of aliphatic imine (C=N–C) groups is 1. The van der Waals surface area contributed by atoms with Gasteiger partial charge in [-0.3, -0.25) is 4.99 Å². The molecule has 130 valence electrons. The van der Waals surface area contributed by atoms with Crippen LogP contribution in [0, 0.1) is 6.92 Å². The maximum Gasteiger partial charge on any atom is 0.191 e. The number of nitrogens with zero attached hydrogens (tertiary/aromatic N) is 2. The Morgan fingerprint density at radius 2 is 2.08 bits per heavy atom. The highest BCUT2D eigenvalue weighted by molar-refractivity contribution is 7.11. The average Bonchev–Trinajstić information content (AvgIpc) is 3.03. The molecule has 0 spiro atoms. The summed E-state index contributed by atoms with van der Waals surface area (Å²) in [5, 5.41) is 7.62. The van der Waals surface area contributed by atoms with Crippen LogP contribution in [0.4, 0.5) is 0 Å². The molecule has 1 aromatic heterocycles. The maximum absolute atomic E-state index is 5.40. The van der Waals surface area contributed by atoms with Crippen LogP contribution in [-0.4, -0.2) is 38.8 Å². The van der Waals surface area contributed by atoms with Crippen molar-refractivity contribution in [2.24, 2.45) is 4.99 Å². The van der Waals surface area contributed by atoms with Crippen LogP contribution in [0.5, 0.6) is 11.5 Å².